The second-order valence-electron chi connectivity index (χ2n) is 8.10. The van der Waals surface area contributed by atoms with Crippen LogP contribution in [0.15, 0.2) is 24.4 Å². The topological polar surface area (TPSA) is 84.4 Å². The van der Waals surface area contributed by atoms with Crippen LogP contribution < -0.4 is 10.2 Å². The molecule has 8 heteroatoms. The van der Waals surface area contributed by atoms with Gasteiger partial charge >= 0.3 is 5.97 Å². The third-order valence-corrected chi connectivity index (χ3v) is 6.00. The van der Waals surface area contributed by atoms with Crippen LogP contribution in [-0.4, -0.2) is 35.0 Å². The molecule has 1 unspecified atom stereocenters. The molecule has 0 radical (unpaired) electrons. The number of nitrogens with one attached hydrogen (secondary N) is 1. The number of esters is 1. The summed E-state index contributed by atoms with van der Waals surface area (Å²) in [5.41, 5.74) is 1.79. The van der Waals surface area contributed by atoms with E-state index >= 15 is 0 Å². The Morgan fingerprint density at radius 2 is 2.03 bits per heavy atom. The van der Waals surface area contributed by atoms with Crippen molar-refractivity contribution in [3.63, 3.8) is 0 Å². The first-order valence-corrected chi connectivity index (χ1v) is 10.1. The van der Waals surface area contributed by atoms with Crippen molar-refractivity contribution in [3.05, 3.63) is 47.0 Å². The van der Waals surface area contributed by atoms with Crippen LogP contribution in [0, 0.1) is 24.6 Å². The lowest BCUT2D eigenvalue weighted by Crippen LogP contribution is -2.51. The number of ether oxygens (including phenoxy) is 1. The van der Waals surface area contributed by atoms with Crippen LogP contribution in [0.3, 0.4) is 0 Å². The molecule has 1 aromatic heterocycles. The molecule has 4 rings (SSSR count). The number of anilines is 2. The highest BCUT2D eigenvalue weighted by atomic mass is 19.1. The van der Waals surface area contributed by atoms with Gasteiger partial charge in [0.25, 0.3) is 0 Å². The maximum Gasteiger partial charge on any atom is 0.340 e. The van der Waals surface area contributed by atoms with Gasteiger partial charge in [0.15, 0.2) is 0 Å². The highest BCUT2D eigenvalue weighted by Gasteiger charge is 2.48. The SMILES string of the molecule is COC(=O)c1cc2c(cc1F)N(C(C)=O)[C@@H](C1CC1)[C@H](C)C2Nc1nccc(C)n1. The number of hydrogen-bond acceptors (Lipinski definition) is 6. The van der Waals surface area contributed by atoms with E-state index in [2.05, 4.69) is 22.2 Å². The third-order valence-electron chi connectivity index (χ3n) is 6.00. The minimum absolute atomic E-state index is 0.00558. The fourth-order valence-corrected chi connectivity index (χ4v) is 4.50. The molecule has 1 saturated carbocycles. The van der Waals surface area contributed by atoms with Gasteiger partial charge in [-0.15, -0.1) is 0 Å². The molecular formula is C22H25FN4O3. The summed E-state index contributed by atoms with van der Waals surface area (Å²) in [6.45, 7) is 5.44. The van der Waals surface area contributed by atoms with Crippen LogP contribution in [0.4, 0.5) is 16.0 Å². The van der Waals surface area contributed by atoms with E-state index in [1.54, 1.807) is 17.2 Å². The van der Waals surface area contributed by atoms with Crippen molar-refractivity contribution in [1.82, 2.24) is 9.97 Å². The molecule has 1 N–H and O–H groups in total. The minimum Gasteiger partial charge on any atom is -0.465 e. The van der Waals surface area contributed by atoms with E-state index in [1.807, 2.05) is 6.92 Å². The molecule has 3 atom stereocenters. The van der Waals surface area contributed by atoms with Crippen LogP contribution in [0.25, 0.3) is 0 Å². The molecule has 2 aromatic rings. The van der Waals surface area contributed by atoms with Crippen molar-refractivity contribution in [2.24, 2.45) is 11.8 Å². The third kappa shape index (κ3) is 3.51. The second kappa shape index (κ2) is 7.66. The van der Waals surface area contributed by atoms with Gasteiger partial charge in [0.2, 0.25) is 11.9 Å². The lowest BCUT2D eigenvalue weighted by molar-refractivity contribution is -0.117. The summed E-state index contributed by atoms with van der Waals surface area (Å²) in [6.07, 6.45) is 3.73. The number of fused-ring (bicyclic) bond motifs is 1. The van der Waals surface area contributed by atoms with Crippen LogP contribution in [0.1, 0.15) is 54.3 Å². The lowest BCUT2D eigenvalue weighted by atomic mass is 9.79. The van der Waals surface area contributed by atoms with Gasteiger partial charge in [-0.25, -0.2) is 19.2 Å². The van der Waals surface area contributed by atoms with E-state index in [4.69, 9.17) is 4.74 Å². The van der Waals surface area contributed by atoms with Gasteiger partial charge in [0, 0.05) is 30.8 Å². The molecule has 1 aliphatic heterocycles. The van der Waals surface area contributed by atoms with E-state index in [-0.39, 0.29) is 29.5 Å². The summed E-state index contributed by atoms with van der Waals surface area (Å²) in [6, 6.07) is 4.20. The highest BCUT2D eigenvalue weighted by Crippen LogP contribution is 2.50. The molecule has 1 amide bonds. The number of aromatic nitrogens is 2. The van der Waals surface area contributed by atoms with Crippen molar-refractivity contribution in [2.75, 3.05) is 17.3 Å². The quantitative estimate of drug-likeness (QED) is 0.772. The van der Waals surface area contributed by atoms with E-state index in [0.717, 1.165) is 18.5 Å². The van der Waals surface area contributed by atoms with E-state index in [1.165, 1.54) is 26.2 Å². The largest absolute Gasteiger partial charge is 0.465 e. The van der Waals surface area contributed by atoms with Gasteiger partial charge in [-0.05, 0) is 49.4 Å². The molecule has 7 nitrogen and oxygen atoms in total. The zero-order valence-corrected chi connectivity index (χ0v) is 17.5. The van der Waals surface area contributed by atoms with Crippen molar-refractivity contribution >= 4 is 23.5 Å². The van der Waals surface area contributed by atoms with Gasteiger partial charge in [-0.2, -0.15) is 0 Å². The number of aryl methyl sites for hydroxylation is 1. The van der Waals surface area contributed by atoms with Gasteiger partial charge in [-0.3, -0.25) is 4.79 Å². The van der Waals surface area contributed by atoms with Crippen molar-refractivity contribution in [2.45, 2.75) is 45.7 Å². The second-order valence-corrected chi connectivity index (χ2v) is 8.10. The Morgan fingerprint density at radius 3 is 2.63 bits per heavy atom. The standard InChI is InChI=1S/C22H25FN4O3/c1-11-7-8-24-22(25-11)26-19-12(2)20(14-5-6-14)27(13(3)28)18-10-17(23)15(9-16(18)19)21(29)30-4/h7-10,12,14,19-20H,5-6H2,1-4H3,(H,24,25,26)/t12-,19?,20-/m1/s1. The van der Waals surface area contributed by atoms with Crippen molar-refractivity contribution in [1.29, 1.82) is 0 Å². The maximum atomic E-state index is 14.8. The Hall–Kier alpha value is -3.03. The van der Waals surface area contributed by atoms with Gasteiger partial charge in [0.05, 0.1) is 24.4 Å². The van der Waals surface area contributed by atoms with Gasteiger partial charge in [0.1, 0.15) is 5.82 Å². The number of carbonyl (C=O) groups excluding carboxylic acids is 2. The number of nitrogens with zero attached hydrogens (tertiary/aromatic N) is 3. The first kappa shape index (κ1) is 20.3. The highest BCUT2D eigenvalue weighted by molar-refractivity contribution is 5.96. The summed E-state index contributed by atoms with van der Waals surface area (Å²) < 4.78 is 19.6. The Bertz CT molecular complexity index is 1010. The van der Waals surface area contributed by atoms with Gasteiger partial charge < -0.3 is 15.0 Å². The molecule has 1 aliphatic carbocycles. The zero-order chi connectivity index (χ0) is 21.6. The fourth-order valence-electron chi connectivity index (χ4n) is 4.50. The molecule has 158 valence electrons. The van der Waals surface area contributed by atoms with E-state index < -0.39 is 11.8 Å². The van der Waals surface area contributed by atoms with Crippen molar-refractivity contribution in [3.8, 4) is 0 Å². The fraction of sp³-hybridized carbons (Fsp3) is 0.455. The summed E-state index contributed by atoms with van der Waals surface area (Å²) in [5.74, 6) is -0.797. The Morgan fingerprint density at radius 1 is 1.30 bits per heavy atom. The molecule has 2 heterocycles. The summed E-state index contributed by atoms with van der Waals surface area (Å²) >= 11 is 0. The first-order chi connectivity index (χ1) is 14.3. The molecule has 1 aromatic carbocycles. The number of halogens is 1. The summed E-state index contributed by atoms with van der Waals surface area (Å²) in [5, 5.41) is 3.37. The zero-order valence-electron chi connectivity index (χ0n) is 17.5. The first-order valence-electron chi connectivity index (χ1n) is 10.1. The number of methoxy groups -OCH3 is 1. The Kier molecular flexibility index (Phi) is 5.17. The van der Waals surface area contributed by atoms with Crippen LogP contribution in [-0.2, 0) is 9.53 Å². The molecular weight excluding hydrogens is 387 g/mol. The predicted octanol–water partition coefficient (Wildman–Crippen LogP) is 3.65. The molecule has 2 aliphatic rings. The number of carbonyl (C=O) groups is 2. The van der Waals surface area contributed by atoms with Gasteiger partial charge in [-0.1, -0.05) is 6.92 Å². The summed E-state index contributed by atoms with van der Waals surface area (Å²) in [4.78, 5) is 35.2. The van der Waals surface area contributed by atoms with Crippen LogP contribution in [0.5, 0.6) is 0 Å². The summed E-state index contributed by atoms with van der Waals surface area (Å²) in [7, 11) is 1.21. The van der Waals surface area contributed by atoms with Crippen LogP contribution >= 0.6 is 0 Å². The smallest absolute Gasteiger partial charge is 0.340 e. The predicted molar refractivity (Wildman–Crippen MR) is 110 cm³/mol. The van der Waals surface area contributed by atoms with Crippen LogP contribution in [0.2, 0.25) is 0 Å². The van der Waals surface area contributed by atoms with Crippen molar-refractivity contribution < 1.29 is 18.7 Å². The molecule has 0 bridgehead atoms. The minimum atomic E-state index is -0.757. The number of rotatable bonds is 4. The molecule has 30 heavy (non-hydrogen) atoms. The number of hydrogen-bond donors (Lipinski definition) is 1. The van der Waals surface area contributed by atoms with E-state index in [0.29, 0.717) is 23.1 Å². The molecule has 0 saturated heterocycles. The lowest BCUT2D eigenvalue weighted by Gasteiger charge is -2.45. The normalized spacial score (nSPS) is 23.0. The molecule has 0 spiro atoms. The average Bonchev–Trinajstić information content (AvgIpc) is 3.53. The Labute approximate surface area is 174 Å². The number of benzene rings is 1. The maximum absolute atomic E-state index is 14.8. The monoisotopic (exact) mass is 412 g/mol. The average molecular weight is 412 g/mol. The number of amides is 1. The van der Waals surface area contributed by atoms with E-state index in [9.17, 15) is 14.0 Å². The Balaban J connectivity index is 1.87. The molecule has 1 fully saturated rings.